The van der Waals surface area contributed by atoms with Gasteiger partial charge in [0, 0.05) is 12.2 Å². The molecule has 0 unspecified atom stereocenters. The van der Waals surface area contributed by atoms with Crippen molar-refractivity contribution in [3.05, 3.63) is 59.7 Å². The van der Waals surface area contributed by atoms with Crippen LogP contribution in [-0.2, 0) is 11.2 Å². The number of rotatable bonds is 4. The summed E-state index contributed by atoms with van der Waals surface area (Å²) < 4.78 is 5.94. The van der Waals surface area contributed by atoms with Crippen LogP contribution in [0.3, 0.4) is 0 Å². The number of aryl methyl sites for hydroxylation is 1. The van der Waals surface area contributed by atoms with E-state index in [1.54, 1.807) is 0 Å². The smallest absolute Gasteiger partial charge is 0.268 e. The first-order valence-electron chi connectivity index (χ1n) is 7.81. The maximum absolute atomic E-state index is 12.8. The molecule has 0 radical (unpaired) electrons. The summed E-state index contributed by atoms with van der Waals surface area (Å²) in [7, 11) is 0. The predicted octanol–water partition coefficient (Wildman–Crippen LogP) is 3.74. The third-order valence-corrected chi connectivity index (χ3v) is 4.07. The molecule has 0 spiro atoms. The molecule has 1 heterocycles. The lowest BCUT2D eigenvalue weighted by Gasteiger charge is -2.24. The van der Waals surface area contributed by atoms with Gasteiger partial charge in [-0.05, 0) is 49.1 Å². The normalized spacial score (nSPS) is 14.5. The first kappa shape index (κ1) is 14.6. The summed E-state index contributed by atoms with van der Waals surface area (Å²) in [5.74, 6) is 0.807. The Bertz CT molecular complexity index is 681. The summed E-state index contributed by atoms with van der Waals surface area (Å²) in [6, 6.07) is 15.9. The molecule has 0 bridgehead atoms. The fraction of sp³-hybridized carbons (Fsp3) is 0.316. The van der Waals surface area contributed by atoms with Crippen LogP contribution in [0.5, 0.6) is 5.75 Å². The fourth-order valence-electron chi connectivity index (χ4n) is 2.90. The number of benzene rings is 2. The van der Waals surface area contributed by atoms with Crippen LogP contribution in [-0.4, -0.2) is 18.6 Å². The summed E-state index contributed by atoms with van der Waals surface area (Å²) >= 11 is 0. The Morgan fingerprint density at radius 2 is 2.05 bits per heavy atom. The first-order valence-corrected chi connectivity index (χ1v) is 7.81. The van der Waals surface area contributed by atoms with E-state index in [1.165, 1.54) is 5.56 Å². The van der Waals surface area contributed by atoms with Crippen LogP contribution in [0.2, 0.25) is 0 Å². The van der Waals surface area contributed by atoms with Gasteiger partial charge < -0.3 is 9.64 Å². The number of carbonyl (C=O) groups is 1. The average molecular weight is 295 g/mol. The third-order valence-electron chi connectivity index (χ3n) is 4.07. The van der Waals surface area contributed by atoms with Crippen LogP contribution in [0.15, 0.2) is 48.5 Å². The molecule has 0 saturated heterocycles. The highest BCUT2D eigenvalue weighted by Gasteiger charge is 2.30. The second-order valence-electron chi connectivity index (χ2n) is 5.70. The zero-order chi connectivity index (χ0) is 15.5. The van der Waals surface area contributed by atoms with E-state index in [2.05, 4.69) is 6.07 Å². The van der Waals surface area contributed by atoms with Gasteiger partial charge in [0.05, 0.1) is 0 Å². The van der Waals surface area contributed by atoms with Gasteiger partial charge in [0.1, 0.15) is 5.75 Å². The van der Waals surface area contributed by atoms with Crippen LogP contribution < -0.4 is 9.64 Å². The Kier molecular flexibility index (Phi) is 4.14. The number of nitrogens with zero attached hydrogens (tertiary/aromatic N) is 1. The van der Waals surface area contributed by atoms with E-state index in [9.17, 15) is 4.79 Å². The van der Waals surface area contributed by atoms with Crippen molar-refractivity contribution in [2.45, 2.75) is 32.8 Å². The lowest BCUT2D eigenvalue weighted by Crippen LogP contribution is -2.41. The van der Waals surface area contributed by atoms with E-state index in [0.717, 1.165) is 30.0 Å². The Morgan fingerprint density at radius 3 is 2.82 bits per heavy atom. The topological polar surface area (TPSA) is 29.5 Å². The molecule has 0 N–H and O–H groups in total. The molecule has 3 rings (SSSR count). The SMILES string of the molecule is CC[C@@H](Oc1cccc(C)c1)C(=O)N1CCc2ccccc21. The Balaban J connectivity index is 1.78. The first-order chi connectivity index (χ1) is 10.7. The summed E-state index contributed by atoms with van der Waals surface area (Å²) in [6.45, 7) is 4.75. The van der Waals surface area contributed by atoms with Gasteiger partial charge in [-0.1, -0.05) is 37.3 Å². The van der Waals surface area contributed by atoms with Crippen LogP contribution in [0.1, 0.15) is 24.5 Å². The average Bonchev–Trinajstić information content (AvgIpc) is 2.96. The molecule has 1 aliphatic heterocycles. The highest BCUT2D eigenvalue weighted by Crippen LogP contribution is 2.29. The van der Waals surface area contributed by atoms with E-state index >= 15 is 0 Å². The van der Waals surface area contributed by atoms with Crippen molar-refractivity contribution >= 4 is 11.6 Å². The molecule has 0 aliphatic carbocycles. The molecule has 0 fully saturated rings. The standard InChI is InChI=1S/C19H21NO2/c1-3-18(22-16-9-6-7-14(2)13-16)19(21)20-12-11-15-8-4-5-10-17(15)20/h4-10,13,18H,3,11-12H2,1-2H3/t18-/m1/s1. The van der Waals surface area contributed by atoms with E-state index in [-0.39, 0.29) is 5.91 Å². The number of para-hydroxylation sites is 1. The number of fused-ring (bicyclic) bond motifs is 1. The molecule has 1 amide bonds. The minimum atomic E-state index is -0.437. The Hall–Kier alpha value is -2.29. The van der Waals surface area contributed by atoms with Gasteiger partial charge in [0.15, 0.2) is 6.10 Å². The fourth-order valence-corrected chi connectivity index (χ4v) is 2.90. The van der Waals surface area contributed by atoms with Crippen molar-refractivity contribution in [1.82, 2.24) is 0 Å². The van der Waals surface area contributed by atoms with E-state index < -0.39 is 6.10 Å². The molecular weight excluding hydrogens is 274 g/mol. The van der Waals surface area contributed by atoms with E-state index in [0.29, 0.717) is 6.42 Å². The summed E-state index contributed by atoms with van der Waals surface area (Å²) in [5, 5.41) is 0. The summed E-state index contributed by atoms with van der Waals surface area (Å²) in [5.41, 5.74) is 3.39. The second-order valence-corrected chi connectivity index (χ2v) is 5.70. The number of carbonyl (C=O) groups excluding carboxylic acids is 1. The van der Waals surface area contributed by atoms with Gasteiger partial charge in [0.25, 0.3) is 5.91 Å². The molecular formula is C19H21NO2. The molecule has 114 valence electrons. The van der Waals surface area contributed by atoms with Crippen LogP contribution in [0.25, 0.3) is 0 Å². The maximum atomic E-state index is 12.8. The largest absolute Gasteiger partial charge is 0.481 e. The number of hydrogen-bond acceptors (Lipinski definition) is 2. The maximum Gasteiger partial charge on any atom is 0.268 e. The number of amides is 1. The number of hydrogen-bond donors (Lipinski definition) is 0. The highest BCUT2D eigenvalue weighted by atomic mass is 16.5. The zero-order valence-corrected chi connectivity index (χ0v) is 13.1. The molecule has 1 aliphatic rings. The predicted molar refractivity (Wildman–Crippen MR) is 88.4 cm³/mol. The molecule has 1 atom stereocenters. The van der Waals surface area contributed by atoms with Crippen molar-refractivity contribution in [1.29, 1.82) is 0 Å². The Morgan fingerprint density at radius 1 is 1.23 bits per heavy atom. The molecule has 2 aromatic rings. The molecule has 22 heavy (non-hydrogen) atoms. The van der Waals surface area contributed by atoms with Crippen molar-refractivity contribution in [3.8, 4) is 5.75 Å². The minimum Gasteiger partial charge on any atom is -0.481 e. The van der Waals surface area contributed by atoms with Crippen LogP contribution >= 0.6 is 0 Å². The van der Waals surface area contributed by atoms with Gasteiger partial charge in [-0.3, -0.25) is 4.79 Å². The van der Waals surface area contributed by atoms with E-state index in [4.69, 9.17) is 4.74 Å². The van der Waals surface area contributed by atoms with E-state index in [1.807, 2.05) is 61.2 Å². The zero-order valence-electron chi connectivity index (χ0n) is 13.1. The molecule has 0 aromatic heterocycles. The summed E-state index contributed by atoms with van der Waals surface area (Å²) in [4.78, 5) is 14.7. The lowest BCUT2D eigenvalue weighted by atomic mass is 10.1. The molecule has 2 aromatic carbocycles. The van der Waals surface area contributed by atoms with Crippen LogP contribution in [0, 0.1) is 6.92 Å². The minimum absolute atomic E-state index is 0.0500. The van der Waals surface area contributed by atoms with Crippen molar-refractivity contribution < 1.29 is 9.53 Å². The van der Waals surface area contributed by atoms with Gasteiger partial charge in [-0.25, -0.2) is 0 Å². The molecule has 3 nitrogen and oxygen atoms in total. The molecule has 0 saturated carbocycles. The highest BCUT2D eigenvalue weighted by molar-refractivity contribution is 5.98. The summed E-state index contributed by atoms with van der Waals surface area (Å²) in [6.07, 6.45) is 1.14. The number of ether oxygens (including phenoxy) is 1. The van der Waals surface area contributed by atoms with Gasteiger partial charge in [0.2, 0.25) is 0 Å². The van der Waals surface area contributed by atoms with Crippen molar-refractivity contribution in [2.75, 3.05) is 11.4 Å². The quantitative estimate of drug-likeness (QED) is 0.860. The lowest BCUT2D eigenvalue weighted by molar-refractivity contribution is -0.125. The molecule has 3 heteroatoms. The van der Waals surface area contributed by atoms with Crippen molar-refractivity contribution in [3.63, 3.8) is 0 Å². The van der Waals surface area contributed by atoms with Gasteiger partial charge in [-0.2, -0.15) is 0 Å². The van der Waals surface area contributed by atoms with Gasteiger partial charge in [-0.15, -0.1) is 0 Å². The third kappa shape index (κ3) is 2.84. The Labute approximate surface area is 131 Å². The van der Waals surface area contributed by atoms with Gasteiger partial charge >= 0.3 is 0 Å². The number of anilines is 1. The monoisotopic (exact) mass is 295 g/mol. The van der Waals surface area contributed by atoms with Crippen LogP contribution in [0.4, 0.5) is 5.69 Å². The van der Waals surface area contributed by atoms with Crippen molar-refractivity contribution in [2.24, 2.45) is 0 Å². The second kappa shape index (κ2) is 6.22.